The summed E-state index contributed by atoms with van der Waals surface area (Å²) in [7, 11) is -2.97. The average molecular weight is 285 g/mol. The van der Waals surface area contributed by atoms with Crippen LogP contribution in [0, 0.1) is 5.82 Å². The van der Waals surface area contributed by atoms with E-state index in [0.717, 1.165) is 18.4 Å². The lowest BCUT2D eigenvalue weighted by Crippen LogP contribution is -2.39. The Labute approximate surface area is 114 Å². The van der Waals surface area contributed by atoms with Crippen molar-refractivity contribution < 1.29 is 12.8 Å². The first-order valence-corrected chi connectivity index (χ1v) is 8.59. The molecule has 1 fully saturated rings. The first-order valence-electron chi connectivity index (χ1n) is 6.53. The van der Waals surface area contributed by atoms with Crippen molar-refractivity contribution in [1.82, 2.24) is 4.90 Å². The van der Waals surface area contributed by atoms with Crippen LogP contribution < -0.4 is 0 Å². The first-order chi connectivity index (χ1) is 8.85. The van der Waals surface area contributed by atoms with Crippen LogP contribution in [-0.4, -0.2) is 37.4 Å². The molecule has 1 aliphatic rings. The second-order valence-electron chi connectivity index (χ2n) is 5.47. The Bertz CT molecular complexity index is 523. The molecule has 0 spiro atoms. The monoisotopic (exact) mass is 285 g/mol. The maximum atomic E-state index is 12.9. The van der Waals surface area contributed by atoms with Gasteiger partial charge in [-0.05, 0) is 37.5 Å². The summed E-state index contributed by atoms with van der Waals surface area (Å²) in [5.74, 6) is -0.0732. The van der Waals surface area contributed by atoms with E-state index in [2.05, 4.69) is 4.90 Å². The van der Waals surface area contributed by atoms with E-state index in [0.29, 0.717) is 12.6 Å². The molecule has 0 radical (unpaired) electrons. The van der Waals surface area contributed by atoms with Gasteiger partial charge in [0.25, 0.3) is 0 Å². The Morgan fingerprint density at radius 2 is 1.89 bits per heavy atom. The highest BCUT2D eigenvalue weighted by atomic mass is 32.2. The number of nitrogens with zero attached hydrogens (tertiary/aromatic N) is 1. The third kappa shape index (κ3) is 4.58. The fourth-order valence-corrected chi connectivity index (χ4v) is 3.45. The molecule has 2 rings (SSSR count). The highest BCUT2D eigenvalue weighted by Crippen LogP contribution is 2.30. The molecule has 3 nitrogen and oxygen atoms in total. The topological polar surface area (TPSA) is 37.4 Å². The van der Waals surface area contributed by atoms with Gasteiger partial charge >= 0.3 is 0 Å². The van der Waals surface area contributed by atoms with Gasteiger partial charge in [0.15, 0.2) is 0 Å². The summed E-state index contributed by atoms with van der Waals surface area (Å²) in [6, 6.07) is 6.88. The Kier molecular flexibility index (Phi) is 4.26. The fourth-order valence-electron chi connectivity index (χ4n) is 2.39. The van der Waals surface area contributed by atoms with Crippen LogP contribution in [0.15, 0.2) is 24.3 Å². The van der Waals surface area contributed by atoms with Crippen LogP contribution in [0.4, 0.5) is 4.39 Å². The summed E-state index contributed by atoms with van der Waals surface area (Å²) < 4.78 is 35.7. The molecule has 5 heteroatoms. The van der Waals surface area contributed by atoms with Crippen molar-refractivity contribution in [2.75, 3.05) is 12.0 Å². The molecule has 0 aromatic heterocycles. The molecule has 0 saturated heterocycles. The summed E-state index contributed by atoms with van der Waals surface area (Å²) in [5.41, 5.74) is 1.02. The molecule has 0 aliphatic heterocycles. The van der Waals surface area contributed by atoms with Gasteiger partial charge in [0, 0.05) is 24.9 Å². The lowest BCUT2D eigenvalue weighted by Gasteiger charge is -2.28. The lowest BCUT2D eigenvalue weighted by molar-refractivity contribution is 0.204. The fraction of sp³-hybridized carbons (Fsp3) is 0.571. The van der Waals surface area contributed by atoms with Gasteiger partial charge < -0.3 is 0 Å². The average Bonchev–Trinajstić information content (AvgIpc) is 3.09. The highest BCUT2D eigenvalue weighted by Gasteiger charge is 2.33. The maximum absolute atomic E-state index is 12.9. The minimum Gasteiger partial charge on any atom is -0.292 e. The molecule has 1 atom stereocenters. The van der Waals surface area contributed by atoms with Crippen molar-refractivity contribution in [2.45, 2.75) is 38.4 Å². The molecule has 1 aromatic rings. The van der Waals surface area contributed by atoms with E-state index < -0.39 is 9.84 Å². The molecular formula is C14H20FNO2S. The van der Waals surface area contributed by atoms with Crippen LogP contribution in [0.1, 0.15) is 25.3 Å². The van der Waals surface area contributed by atoms with Crippen LogP contribution in [0.3, 0.4) is 0 Å². The SMILES string of the molecule is CC(CS(C)(=O)=O)N(Cc1ccc(F)cc1)C1CC1. The lowest BCUT2D eigenvalue weighted by atomic mass is 10.2. The highest BCUT2D eigenvalue weighted by molar-refractivity contribution is 7.90. The van der Waals surface area contributed by atoms with Crippen molar-refractivity contribution in [1.29, 1.82) is 0 Å². The second-order valence-corrected chi connectivity index (χ2v) is 7.66. The van der Waals surface area contributed by atoms with E-state index in [1.807, 2.05) is 6.92 Å². The zero-order chi connectivity index (χ0) is 14.0. The standard InChI is InChI=1S/C14H20FNO2S/c1-11(10-19(2,17)18)16(14-7-8-14)9-12-3-5-13(15)6-4-12/h3-6,11,14H,7-10H2,1-2H3. The van der Waals surface area contributed by atoms with Crippen LogP contribution in [0.25, 0.3) is 0 Å². The molecule has 0 heterocycles. The van der Waals surface area contributed by atoms with Gasteiger partial charge in [-0.15, -0.1) is 0 Å². The summed E-state index contributed by atoms with van der Waals surface area (Å²) in [6.07, 6.45) is 3.51. The number of hydrogen-bond donors (Lipinski definition) is 0. The van der Waals surface area contributed by atoms with Gasteiger partial charge in [0.2, 0.25) is 0 Å². The number of halogens is 1. The molecule has 0 amide bonds. The normalized spacial score (nSPS) is 17.7. The maximum Gasteiger partial charge on any atom is 0.148 e. The molecule has 1 saturated carbocycles. The van der Waals surface area contributed by atoms with E-state index in [1.54, 1.807) is 12.1 Å². The zero-order valence-electron chi connectivity index (χ0n) is 11.3. The van der Waals surface area contributed by atoms with Crippen molar-refractivity contribution in [3.63, 3.8) is 0 Å². The molecule has 0 bridgehead atoms. The van der Waals surface area contributed by atoms with Gasteiger partial charge in [-0.3, -0.25) is 4.90 Å². The summed E-state index contributed by atoms with van der Waals surface area (Å²) >= 11 is 0. The largest absolute Gasteiger partial charge is 0.292 e. The van der Waals surface area contributed by atoms with E-state index >= 15 is 0 Å². The minimum atomic E-state index is -2.97. The Hall–Kier alpha value is -0.940. The summed E-state index contributed by atoms with van der Waals surface area (Å²) in [6.45, 7) is 2.63. The molecular weight excluding hydrogens is 265 g/mol. The van der Waals surface area contributed by atoms with E-state index in [4.69, 9.17) is 0 Å². The molecule has 106 valence electrons. The van der Waals surface area contributed by atoms with Gasteiger partial charge in [0.1, 0.15) is 15.7 Å². The summed E-state index contributed by atoms with van der Waals surface area (Å²) in [5, 5.41) is 0. The number of benzene rings is 1. The molecule has 1 aromatic carbocycles. The molecule has 1 aliphatic carbocycles. The molecule has 1 unspecified atom stereocenters. The van der Waals surface area contributed by atoms with Crippen LogP contribution in [0.5, 0.6) is 0 Å². The molecule has 19 heavy (non-hydrogen) atoms. The van der Waals surface area contributed by atoms with Crippen LogP contribution in [0.2, 0.25) is 0 Å². The molecule has 0 N–H and O–H groups in total. The predicted octanol–water partition coefficient (Wildman–Crippen LogP) is 2.22. The quantitative estimate of drug-likeness (QED) is 0.804. The van der Waals surface area contributed by atoms with E-state index in [1.165, 1.54) is 18.4 Å². The third-order valence-corrected chi connectivity index (χ3v) is 4.49. The smallest absolute Gasteiger partial charge is 0.148 e. The van der Waals surface area contributed by atoms with Crippen molar-refractivity contribution in [3.05, 3.63) is 35.6 Å². The van der Waals surface area contributed by atoms with E-state index in [-0.39, 0.29) is 17.6 Å². The van der Waals surface area contributed by atoms with Crippen molar-refractivity contribution in [2.24, 2.45) is 0 Å². The van der Waals surface area contributed by atoms with Gasteiger partial charge in [-0.25, -0.2) is 12.8 Å². The minimum absolute atomic E-state index is 0.00690. The number of sulfone groups is 1. The van der Waals surface area contributed by atoms with E-state index in [9.17, 15) is 12.8 Å². The van der Waals surface area contributed by atoms with Gasteiger partial charge in [0.05, 0.1) is 5.75 Å². The second kappa shape index (κ2) is 5.59. The van der Waals surface area contributed by atoms with Gasteiger partial charge in [-0.1, -0.05) is 12.1 Å². The predicted molar refractivity (Wildman–Crippen MR) is 74.1 cm³/mol. The zero-order valence-corrected chi connectivity index (χ0v) is 12.2. The van der Waals surface area contributed by atoms with Crippen LogP contribution >= 0.6 is 0 Å². The number of hydrogen-bond acceptors (Lipinski definition) is 3. The number of rotatable bonds is 6. The van der Waals surface area contributed by atoms with Crippen molar-refractivity contribution in [3.8, 4) is 0 Å². The summed E-state index contributed by atoms with van der Waals surface area (Å²) in [4.78, 5) is 2.22. The Morgan fingerprint density at radius 3 is 2.37 bits per heavy atom. The van der Waals surface area contributed by atoms with Crippen LogP contribution in [-0.2, 0) is 16.4 Å². The Morgan fingerprint density at radius 1 is 1.32 bits per heavy atom. The van der Waals surface area contributed by atoms with Gasteiger partial charge in [-0.2, -0.15) is 0 Å². The first kappa shape index (κ1) is 14.5. The third-order valence-electron chi connectivity index (χ3n) is 3.40. The van der Waals surface area contributed by atoms with Crippen molar-refractivity contribution >= 4 is 9.84 Å². The Balaban J connectivity index is 2.06.